The van der Waals surface area contributed by atoms with E-state index in [2.05, 4.69) is 5.32 Å². The first-order valence-corrected chi connectivity index (χ1v) is 9.63. The number of alkyl halides is 3. The Labute approximate surface area is 165 Å². The number of imide groups is 1. The molecule has 1 aromatic carbocycles. The number of rotatable bonds is 4. The lowest BCUT2D eigenvalue weighted by Gasteiger charge is -2.29. The second-order valence-electron chi connectivity index (χ2n) is 8.30. The van der Waals surface area contributed by atoms with Crippen molar-refractivity contribution in [2.24, 2.45) is 29.6 Å². The molecular weight excluding hydrogens is 385 g/mol. The average molecular weight is 406 g/mol. The highest BCUT2D eigenvalue weighted by Crippen LogP contribution is 2.53. The fourth-order valence-electron chi connectivity index (χ4n) is 4.91. The van der Waals surface area contributed by atoms with Gasteiger partial charge < -0.3 is 5.32 Å². The Bertz CT molecular complexity index is 879. The van der Waals surface area contributed by atoms with Crippen LogP contribution >= 0.6 is 0 Å². The Morgan fingerprint density at radius 2 is 1.69 bits per heavy atom. The molecule has 2 aliphatic carbocycles. The molecule has 8 heteroatoms. The van der Waals surface area contributed by atoms with Gasteiger partial charge in [0.05, 0.1) is 17.4 Å². The van der Waals surface area contributed by atoms with Gasteiger partial charge in [-0.2, -0.15) is 13.2 Å². The molecule has 5 nitrogen and oxygen atoms in total. The van der Waals surface area contributed by atoms with E-state index in [1.165, 1.54) is 12.1 Å². The zero-order chi connectivity index (χ0) is 21.1. The molecule has 1 aromatic rings. The van der Waals surface area contributed by atoms with E-state index in [-0.39, 0.29) is 29.3 Å². The van der Waals surface area contributed by atoms with E-state index in [0.717, 1.165) is 23.5 Å². The van der Waals surface area contributed by atoms with Gasteiger partial charge in [0.15, 0.2) is 0 Å². The molecule has 3 aliphatic rings. The van der Waals surface area contributed by atoms with Gasteiger partial charge in [0.2, 0.25) is 17.7 Å². The van der Waals surface area contributed by atoms with Crippen molar-refractivity contribution in [2.45, 2.75) is 32.5 Å². The molecule has 1 aliphatic heterocycles. The molecule has 2 bridgehead atoms. The molecule has 1 saturated heterocycles. The second-order valence-corrected chi connectivity index (χ2v) is 8.30. The predicted molar refractivity (Wildman–Crippen MR) is 98.3 cm³/mol. The van der Waals surface area contributed by atoms with Crippen LogP contribution < -0.4 is 5.32 Å². The lowest BCUT2D eigenvalue weighted by Crippen LogP contribution is -2.51. The van der Waals surface area contributed by atoms with Gasteiger partial charge in [-0.15, -0.1) is 0 Å². The second kappa shape index (κ2) is 6.71. The van der Waals surface area contributed by atoms with E-state index in [1.54, 1.807) is 13.8 Å². The van der Waals surface area contributed by atoms with Crippen molar-refractivity contribution in [3.05, 3.63) is 42.0 Å². The fourth-order valence-corrected chi connectivity index (χ4v) is 4.91. The molecule has 5 atom stereocenters. The number of carbonyl (C=O) groups is 3. The third-order valence-electron chi connectivity index (χ3n) is 6.14. The number of nitrogens with one attached hydrogen (secondary N) is 1. The Kier molecular flexibility index (Phi) is 4.55. The molecule has 0 radical (unpaired) electrons. The average Bonchev–Trinajstić information content (AvgIpc) is 3.31. The fraction of sp³-hybridized carbons (Fsp3) is 0.476. The topological polar surface area (TPSA) is 66.5 Å². The summed E-state index contributed by atoms with van der Waals surface area (Å²) in [5, 5.41) is 2.46. The van der Waals surface area contributed by atoms with Crippen molar-refractivity contribution in [3.8, 4) is 0 Å². The highest BCUT2D eigenvalue weighted by molar-refractivity contribution is 6.10. The first kappa shape index (κ1) is 19.7. The monoisotopic (exact) mass is 406 g/mol. The number of hydrogen-bond acceptors (Lipinski definition) is 3. The van der Waals surface area contributed by atoms with Gasteiger partial charge >= 0.3 is 6.18 Å². The van der Waals surface area contributed by atoms with Crippen LogP contribution in [0.1, 0.15) is 25.8 Å². The molecule has 2 fully saturated rings. The van der Waals surface area contributed by atoms with Crippen LogP contribution in [-0.4, -0.2) is 28.7 Å². The largest absolute Gasteiger partial charge is 0.416 e. The molecule has 1 heterocycles. The SMILES string of the molecule is CC(C)C(C(=O)Nc1cccc(C(F)(F)F)c1)N1C(=O)C2C3C=CC(C3)C2C1=O. The van der Waals surface area contributed by atoms with Gasteiger partial charge in [-0.05, 0) is 42.4 Å². The summed E-state index contributed by atoms with van der Waals surface area (Å²) in [5.74, 6) is -2.58. The summed E-state index contributed by atoms with van der Waals surface area (Å²) >= 11 is 0. The molecule has 154 valence electrons. The minimum Gasteiger partial charge on any atom is -0.324 e. The van der Waals surface area contributed by atoms with Crippen LogP contribution in [0.4, 0.5) is 18.9 Å². The minimum absolute atomic E-state index is 0.0193. The van der Waals surface area contributed by atoms with E-state index >= 15 is 0 Å². The van der Waals surface area contributed by atoms with E-state index in [0.29, 0.717) is 0 Å². The third kappa shape index (κ3) is 3.14. The number of carbonyl (C=O) groups excluding carboxylic acids is 3. The van der Waals surface area contributed by atoms with Crippen LogP contribution in [0.15, 0.2) is 36.4 Å². The summed E-state index contributed by atoms with van der Waals surface area (Å²) in [4.78, 5) is 40.0. The molecule has 0 aromatic heterocycles. The van der Waals surface area contributed by atoms with Crippen molar-refractivity contribution in [2.75, 3.05) is 5.32 Å². The smallest absolute Gasteiger partial charge is 0.324 e. The number of amides is 3. The first-order valence-electron chi connectivity index (χ1n) is 9.63. The molecule has 1 N–H and O–H groups in total. The highest BCUT2D eigenvalue weighted by Gasteiger charge is 2.61. The third-order valence-corrected chi connectivity index (χ3v) is 6.14. The van der Waals surface area contributed by atoms with Crippen LogP contribution in [0.3, 0.4) is 0 Å². The zero-order valence-corrected chi connectivity index (χ0v) is 15.9. The number of anilines is 1. The van der Waals surface area contributed by atoms with Crippen LogP contribution in [0.2, 0.25) is 0 Å². The standard InChI is InChI=1S/C21H21F3N2O3/c1-10(2)17(18(27)25-14-5-3-4-13(9-14)21(22,23)24)26-19(28)15-11-6-7-12(8-11)16(15)20(26)29/h3-7,9-12,15-17H,8H2,1-2H3,(H,25,27). The maximum absolute atomic E-state index is 13.0. The first-order chi connectivity index (χ1) is 13.6. The predicted octanol–water partition coefficient (Wildman–Crippen LogP) is 3.48. The highest BCUT2D eigenvalue weighted by atomic mass is 19.4. The molecule has 5 unspecified atom stereocenters. The van der Waals surface area contributed by atoms with Crippen LogP contribution in [-0.2, 0) is 20.6 Å². The zero-order valence-electron chi connectivity index (χ0n) is 15.9. The van der Waals surface area contributed by atoms with Gasteiger partial charge in [-0.25, -0.2) is 0 Å². The van der Waals surface area contributed by atoms with Crippen LogP contribution in [0, 0.1) is 29.6 Å². The van der Waals surface area contributed by atoms with Crippen molar-refractivity contribution >= 4 is 23.4 Å². The van der Waals surface area contributed by atoms with Crippen LogP contribution in [0.25, 0.3) is 0 Å². The molecule has 4 rings (SSSR count). The Hall–Kier alpha value is -2.64. The summed E-state index contributed by atoms with van der Waals surface area (Å²) in [6, 6.07) is 3.21. The van der Waals surface area contributed by atoms with Gasteiger partial charge in [-0.1, -0.05) is 32.1 Å². The summed E-state index contributed by atoms with van der Waals surface area (Å²) in [6.45, 7) is 3.41. The lowest BCUT2D eigenvalue weighted by atomic mass is 9.85. The molecule has 29 heavy (non-hydrogen) atoms. The van der Waals surface area contributed by atoms with Gasteiger partial charge in [-0.3, -0.25) is 19.3 Å². The normalized spacial score (nSPS) is 29.0. The quantitative estimate of drug-likeness (QED) is 0.615. The number of halogens is 3. The molecule has 1 saturated carbocycles. The Morgan fingerprint density at radius 1 is 1.10 bits per heavy atom. The van der Waals surface area contributed by atoms with E-state index in [1.807, 2.05) is 12.2 Å². The molecular formula is C21H21F3N2O3. The summed E-state index contributed by atoms with van der Waals surface area (Å²) in [5.41, 5.74) is -0.918. The van der Waals surface area contributed by atoms with E-state index < -0.39 is 41.4 Å². The van der Waals surface area contributed by atoms with Crippen molar-refractivity contribution < 1.29 is 27.6 Å². The van der Waals surface area contributed by atoms with Crippen molar-refractivity contribution in [1.82, 2.24) is 4.90 Å². The summed E-state index contributed by atoms with van der Waals surface area (Å²) < 4.78 is 38.8. The summed E-state index contributed by atoms with van der Waals surface area (Å²) in [7, 11) is 0. The number of allylic oxidation sites excluding steroid dienone is 2. The van der Waals surface area contributed by atoms with Gasteiger partial charge in [0.25, 0.3) is 0 Å². The number of benzene rings is 1. The van der Waals surface area contributed by atoms with Gasteiger partial charge in [0.1, 0.15) is 6.04 Å². The van der Waals surface area contributed by atoms with E-state index in [9.17, 15) is 27.6 Å². The van der Waals surface area contributed by atoms with Crippen LogP contribution in [0.5, 0.6) is 0 Å². The van der Waals surface area contributed by atoms with Crippen molar-refractivity contribution in [3.63, 3.8) is 0 Å². The molecule has 3 amide bonds. The summed E-state index contributed by atoms with van der Waals surface area (Å²) in [6.07, 6.45) is 0.174. The maximum atomic E-state index is 13.0. The Balaban J connectivity index is 1.58. The Morgan fingerprint density at radius 3 is 2.21 bits per heavy atom. The van der Waals surface area contributed by atoms with E-state index in [4.69, 9.17) is 0 Å². The maximum Gasteiger partial charge on any atom is 0.416 e. The number of fused-ring (bicyclic) bond motifs is 5. The van der Waals surface area contributed by atoms with Gasteiger partial charge in [0, 0.05) is 5.69 Å². The number of hydrogen-bond donors (Lipinski definition) is 1. The molecule has 0 spiro atoms. The van der Waals surface area contributed by atoms with Crippen molar-refractivity contribution in [1.29, 1.82) is 0 Å². The number of likely N-dealkylation sites (tertiary alicyclic amines) is 1. The number of nitrogens with zero attached hydrogens (tertiary/aromatic N) is 1. The lowest BCUT2D eigenvalue weighted by molar-refractivity contribution is -0.148. The minimum atomic E-state index is -4.54.